The van der Waals surface area contributed by atoms with Gasteiger partial charge in [0.1, 0.15) is 0 Å². The van der Waals surface area contributed by atoms with Crippen LogP contribution >= 0.6 is 0 Å². The van der Waals surface area contributed by atoms with Gasteiger partial charge in [-0.25, -0.2) is 0 Å². The molecule has 1 rings (SSSR count). The quantitative estimate of drug-likeness (QED) is 0.704. The van der Waals surface area contributed by atoms with Crippen molar-refractivity contribution in [3.8, 4) is 5.88 Å². The topological polar surface area (TPSA) is 74.2 Å². The number of unbranched alkanes of at least 4 members (excludes halogenated alkanes) is 3. The Morgan fingerprint density at radius 3 is 2.67 bits per heavy atom. The Hall–Kier alpha value is -1.45. The molecule has 1 heterocycles. The molecule has 0 radical (unpaired) electrons. The average molecular weight is 209 g/mol. The summed E-state index contributed by atoms with van der Waals surface area (Å²) in [7, 11) is 0. The van der Waals surface area contributed by atoms with E-state index in [1.165, 1.54) is 19.3 Å². The Labute approximate surface area is 90.6 Å². The fourth-order valence-electron chi connectivity index (χ4n) is 1.25. The van der Waals surface area contributed by atoms with E-state index in [-0.39, 0.29) is 0 Å². The van der Waals surface area contributed by atoms with Gasteiger partial charge in [-0.15, -0.1) is 0 Å². The van der Waals surface area contributed by atoms with Gasteiger partial charge in [-0.1, -0.05) is 26.2 Å². The van der Waals surface area contributed by atoms with E-state index in [1.54, 1.807) is 12.1 Å². The smallest absolute Gasteiger partial charge is 0.215 e. The van der Waals surface area contributed by atoms with Crippen LogP contribution in [0, 0.1) is 0 Å². The van der Waals surface area contributed by atoms with Gasteiger partial charge in [0.15, 0.2) is 5.82 Å². The summed E-state index contributed by atoms with van der Waals surface area (Å²) in [4.78, 5) is 4.02. The van der Waals surface area contributed by atoms with Gasteiger partial charge in [0.05, 0.1) is 12.3 Å². The van der Waals surface area contributed by atoms with Crippen molar-refractivity contribution in [2.24, 2.45) is 0 Å². The van der Waals surface area contributed by atoms with Gasteiger partial charge in [0, 0.05) is 6.07 Å². The van der Waals surface area contributed by atoms with Gasteiger partial charge in [-0.05, 0) is 12.5 Å². The van der Waals surface area contributed by atoms with Crippen LogP contribution in [0.15, 0.2) is 12.1 Å². The summed E-state index contributed by atoms with van der Waals surface area (Å²) in [5.74, 6) is 0.888. The maximum absolute atomic E-state index is 5.56. The molecule has 4 nitrogen and oxygen atoms in total. The lowest BCUT2D eigenvalue weighted by molar-refractivity contribution is 0.294. The van der Waals surface area contributed by atoms with Crippen LogP contribution in [0.25, 0.3) is 0 Å². The zero-order valence-corrected chi connectivity index (χ0v) is 9.20. The summed E-state index contributed by atoms with van der Waals surface area (Å²) >= 11 is 0. The fourth-order valence-corrected chi connectivity index (χ4v) is 1.25. The van der Waals surface area contributed by atoms with Gasteiger partial charge in [0.25, 0.3) is 0 Å². The van der Waals surface area contributed by atoms with Gasteiger partial charge in [-0.2, -0.15) is 4.98 Å². The van der Waals surface area contributed by atoms with Gasteiger partial charge >= 0.3 is 0 Å². The Kier molecular flexibility index (Phi) is 4.74. The number of hydrogen-bond acceptors (Lipinski definition) is 4. The number of hydrogen-bond donors (Lipinski definition) is 2. The summed E-state index contributed by atoms with van der Waals surface area (Å²) < 4.78 is 5.44. The molecule has 0 saturated carbocycles. The minimum absolute atomic E-state index is 0.334. The SMILES string of the molecule is CCCCCCOc1ccc(N)c(N)n1. The molecule has 84 valence electrons. The zero-order valence-electron chi connectivity index (χ0n) is 9.20. The third-order valence-corrected chi connectivity index (χ3v) is 2.18. The highest BCUT2D eigenvalue weighted by molar-refractivity contribution is 5.58. The minimum atomic E-state index is 0.334. The van der Waals surface area contributed by atoms with Crippen LogP contribution in [-0.2, 0) is 0 Å². The molecular formula is C11H19N3O. The normalized spacial score (nSPS) is 10.2. The Morgan fingerprint density at radius 2 is 2.00 bits per heavy atom. The molecule has 4 N–H and O–H groups in total. The highest BCUT2D eigenvalue weighted by Crippen LogP contribution is 2.16. The highest BCUT2D eigenvalue weighted by Gasteiger charge is 1.99. The molecule has 0 amide bonds. The monoisotopic (exact) mass is 209 g/mol. The van der Waals surface area contributed by atoms with E-state index in [1.807, 2.05) is 0 Å². The van der Waals surface area contributed by atoms with Crippen LogP contribution in [0.1, 0.15) is 32.6 Å². The van der Waals surface area contributed by atoms with Crippen molar-refractivity contribution in [1.29, 1.82) is 0 Å². The molecule has 0 spiro atoms. The molecule has 0 bridgehead atoms. The van der Waals surface area contributed by atoms with E-state index in [2.05, 4.69) is 11.9 Å². The van der Waals surface area contributed by atoms with Crippen molar-refractivity contribution in [3.63, 3.8) is 0 Å². The first-order valence-corrected chi connectivity index (χ1v) is 5.39. The lowest BCUT2D eigenvalue weighted by Gasteiger charge is -2.06. The summed E-state index contributed by atoms with van der Waals surface area (Å²) in [6.45, 7) is 2.87. The van der Waals surface area contributed by atoms with Crippen molar-refractivity contribution in [2.75, 3.05) is 18.1 Å². The number of ether oxygens (including phenoxy) is 1. The first-order valence-electron chi connectivity index (χ1n) is 5.39. The average Bonchev–Trinajstić information content (AvgIpc) is 2.23. The first-order chi connectivity index (χ1) is 7.24. The minimum Gasteiger partial charge on any atom is -0.478 e. The lowest BCUT2D eigenvalue weighted by atomic mass is 10.2. The second-order valence-electron chi connectivity index (χ2n) is 3.53. The fraction of sp³-hybridized carbons (Fsp3) is 0.545. The van der Waals surface area contributed by atoms with Gasteiger partial charge < -0.3 is 16.2 Å². The van der Waals surface area contributed by atoms with Gasteiger partial charge in [-0.3, -0.25) is 0 Å². The molecule has 1 aromatic heterocycles. The van der Waals surface area contributed by atoms with Crippen LogP contribution in [0.4, 0.5) is 11.5 Å². The van der Waals surface area contributed by atoms with Crippen LogP contribution in [-0.4, -0.2) is 11.6 Å². The largest absolute Gasteiger partial charge is 0.478 e. The Bertz CT molecular complexity index is 302. The molecule has 4 heteroatoms. The number of aromatic nitrogens is 1. The summed E-state index contributed by atoms with van der Waals surface area (Å²) in [6, 6.07) is 3.45. The maximum Gasteiger partial charge on any atom is 0.215 e. The van der Waals surface area contributed by atoms with E-state index in [0.717, 1.165) is 6.42 Å². The summed E-state index contributed by atoms with van der Waals surface area (Å²) in [6.07, 6.45) is 4.73. The number of nitrogens with zero attached hydrogens (tertiary/aromatic N) is 1. The number of rotatable bonds is 6. The first kappa shape index (κ1) is 11.6. The van der Waals surface area contributed by atoms with Crippen LogP contribution in [0.2, 0.25) is 0 Å². The van der Waals surface area contributed by atoms with Crippen molar-refractivity contribution < 1.29 is 4.74 Å². The molecule has 0 fully saturated rings. The predicted molar refractivity (Wildman–Crippen MR) is 62.7 cm³/mol. The van der Waals surface area contributed by atoms with Crippen LogP contribution in [0.3, 0.4) is 0 Å². The van der Waals surface area contributed by atoms with Crippen LogP contribution in [0.5, 0.6) is 5.88 Å². The third kappa shape index (κ3) is 4.06. The van der Waals surface area contributed by atoms with Crippen LogP contribution < -0.4 is 16.2 Å². The van der Waals surface area contributed by atoms with Crippen molar-refractivity contribution in [3.05, 3.63) is 12.1 Å². The van der Waals surface area contributed by atoms with E-state index >= 15 is 0 Å². The molecule has 0 aliphatic rings. The third-order valence-electron chi connectivity index (χ3n) is 2.18. The lowest BCUT2D eigenvalue weighted by Crippen LogP contribution is -2.02. The van der Waals surface area contributed by atoms with Crippen molar-refractivity contribution in [2.45, 2.75) is 32.6 Å². The molecule has 0 aliphatic heterocycles. The second kappa shape index (κ2) is 6.11. The molecule has 0 unspecified atom stereocenters. The number of nitrogen functional groups attached to an aromatic ring is 2. The molecule has 15 heavy (non-hydrogen) atoms. The molecule has 1 aromatic rings. The standard InChI is InChI=1S/C11H19N3O/c1-2-3-4-5-8-15-10-7-6-9(12)11(13)14-10/h6-7H,2-5,8,12H2,1H3,(H2,13,14). The molecule has 0 aliphatic carbocycles. The highest BCUT2D eigenvalue weighted by atomic mass is 16.5. The Balaban J connectivity index is 2.28. The van der Waals surface area contributed by atoms with Crippen molar-refractivity contribution >= 4 is 11.5 Å². The van der Waals surface area contributed by atoms with E-state index in [0.29, 0.717) is 24.0 Å². The molecule has 0 atom stereocenters. The number of anilines is 2. The molecular weight excluding hydrogens is 190 g/mol. The number of nitrogens with two attached hydrogens (primary N) is 2. The molecule has 0 saturated heterocycles. The zero-order chi connectivity index (χ0) is 11.1. The number of pyridine rings is 1. The van der Waals surface area contributed by atoms with E-state index in [4.69, 9.17) is 16.2 Å². The van der Waals surface area contributed by atoms with E-state index in [9.17, 15) is 0 Å². The summed E-state index contributed by atoms with van der Waals surface area (Å²) in [5.41, 5.74) is 11.6. The molecule has 0 aromatic carbocycles. The Morgan fingerprint density at radius 1 is 1.20 bits per heavy atom. The summed E-state index contributed by atoms with van der Waals surface area (Å²) in [5, 5.41) is 0. The predicted octanol–water partition coefficient (Wildman–Crippen LogP) is 2.21. The van der Waals surface area contributed by atoms with Gasteiger partial charge in [0.2, 0.25) is 5.88 Å². The second-order valence-corrected chi connectivity index (χ2v) is 3.53. The van der Waals surface area contributed by atoms with E-state index < -0.39 is 0 Å². The van der Waals surface area contributed by atoms with Crippen molar-refractivity contribution in [1.82, 2.24) is 4.98 Å². The maximum atomic E-state index is 5.56.